The smallest absolute Gasteiger partial charge is 0.163 e. The minimum Gasteiger partial charge on any atom is -0.501 e. The quantitative estimate of drug-likeness (QED) is 0.465. The summed E-state index contributed by atoms with van der Waals surface area (Å²) < 4.78 is 5.66. The predicted octanol–water partition coefficient (Wildman–Crippen LogP) is 7.18. The number of allylic oxidation sites excluding steroid dienone is 2. The second-order valence-corrected chi connectivity index (χ2v) is 15.2. The Hall–Kier alpha value is -0.830. The lowest BCUT2D eigenvalue weighted by Gasteiger charge is -2.74. The average Bonchev–Trinajstić information content (AvgIpc) is 2.78. The summed E-state index contributed by atoms with van der Waals surface area (Å²) in [4.78, 5) is 13.8. The van der Waals surface area contributed by atoms with Crippen LogP contribution in [0.4, 0.5) is 0 Å². The maximum atomic E-state index is 13.8. The highest BCUT2D eigenvalue weighted by Gasteiger charge is 2.72. The summed E-state index contributed by atoms with van der Waals surface area (Å²) in [5.41, 5.74) is 1.01. The number of hydrogen-bond donors (Lipinski definition) is 1. The molecule has 1 N–H and O–H groups in total. The normalized spacial score (nSPS) is 54.1. The Labute approximate surface area is 208 Å². The van der Waals surface area contributed by atoms with E-state index in [0.717, 1.165) is 30.9 Å². The fourth-order valence-electron chi connectivity index (χ4n) is 11.1. The van der Waals surface area contributed by atoms with Gasteiger partial charge < -0.3 is 9.84 Å². The Bertz CT molecular complexity index is 904. The first-order valence-corrected chi connectivity index (χ1v) is 14.1. The number of aliphatic hydroxyl groups is 1. The van der Waals surface area contributed by atoms with Gasteiger partial charge in [-0.25, -0.2) is 0 Å². The number of carbonyl (C=O) groups excluding carboxylic acids is 1. The molecule has 0 bridgehead atoms. The van der Waals surface area contributed by atoms with Gasteiger partial charge in [0.1, 0.15) is 5.76 Å². The van der Waals surface area contributed by atoms with Crippen LogP contribution >= 0.6 is 0 Å². The Kier molecular flexibility index (Phi) is 5.38. The van der Waals surface area contributed by atoms with Crippen molar-refractivity contribution >= 4 is 5.78 Å². The van der Waals surface area contributed by atoms with Gasteiger partial charge in [0.05, 0.1) is 13.7 Å². The third-order valence-electron chi connectivity index (χ3n) is 13.5. The molecule has 4 saturated carbocycles. The van der Waals surface area contributed by atoms with E-state index in [9.17, 15) is 9.90 Å². The number of hydrogen-bond acceptors (Lipinski definition) is 3. The van der Waals surface area contributed by atoms with E-state index in [1.165, 1.54) is 38.5 Å². The molecule has 0 aliphatic heterocycles. The molecule has 9 atom stereocenters. The van der Waals surface area contributed by atoms with Crippen LogP contribution in [0.5, 0.6) is 0 Å². The number of carbonyl (C=O) groups is 1. The standard InChI is InChI=1S/C31H50O3/c1-20-22(34-8)17-21(33)25-28(5)14-16-30(7)24-18-26(2,3)11-12-27(24,4)13-15-29(30,6)23(28)9-10-31(20,25)19-32/h17,20,23-25,32H,9-16,18-19H2,1-8H3. The second-order valence-electron chi connectivity index (χ2n) is 15.2. The minimum atomic E-state index is -0.386. The van der Waals surface area contributed by atoms with Crippen molar-refractivity contribution in [3.8, 4) is 0 Å². The van der Waals surface area contributed by atoms with E-state index in [2.05, 4.69) is 48.5 Å². The third kappa shape index (κ3) is 2.88. The molecule has 0 aromatic heterocycles. The molecule has 3 heteroatoms. The Morgan fingerprint density at radius 3 is 2.18 bits per heavy atom. The molecule has 5 aliphatic rings. The van der Waals surface area contributed by atoms with E-state index in [1.54, 1.807) is 13.2 Å². The van der Waals surface area contributed by atoms with Crippen molar-refractivity contribution in [2.24, 2.45) is 56.2 Å². The molecule has 3 nitrogen and oxygen atoms in total. The van der Waals surface area contributed by atoms with Crippen molar-refractivity contribution < 1.29 is 14.6 Å². The monoisotopic (exact) mass is 470 g/mol. The lowest BCUT2D eigenvalue weighted by molar-refractivity contribution is -0.255. The molecular weight excluding hydrogens is 420 g/mol. The largest absolute Gasteiger partial charge is 0.501 e. The van der Waals surface area contributed by atoms with Crippen molar-refractivity contribution in [3.63, 3.8) is 0 Å². The van der Waals surface area contributed by atoms with Crippen LogP contribution in [0.25, 0.3) is 0 Å². The van der Waals surface area contributed by atoms with Crippen LogP contribution in [0, 0.1) is 56.2 Å². The molecular formula is C31H50O3. The summed E-state index contributed by atoms with van der Waals surface area (Å²) in [6.45, 7) is 17.6. The lowest BCUT2D eigenvalue weighted by Crippen LogP contribution is -2.69. The van der Waals surface area contributed by atoms with Gasteiger partial charge in [0.15, 0.2) is 5.78 Å². The number of ether oxygens (including phenoxy) is 1. The molecule has 0 radical (unpaired) electrons. The van der Waals surface area contributed by atoms with Gasteiger partial charge >= 0.3 is 0 Å². The average molecular weight is 471 g/mol. The summed E-state index contributed by atoms with van der Waals surface area (Å²) >= 11 is 0. The highest BCUT2D eigenvalue weighted by molar-refractivity contribution is 5.95. The predicted molar refractivity (Wildman–Crippen MR) is 137 cm³/mol. The molecule has 34 heavy (non-hydrogen) atoms. The molecule has 5 aliphatic carbocycles. The molecule has 192 valence electrons. The van der Waals surface area contributed by atoms with Crippen LogP contribution in [0.1, 0.15) is 106 Å². The van der Waals surface area contributed by atoms with Crippen molar-refractivity contribution in [1.29, 1.82) is 0 Å². The fourth-order valence-corrected chi connectivity index (χ4v) is 11.1. The first-order valence-electron chi connectivity index (χ1n) is 14.1. The fraction of sp³-hybridized carbons (Fsp3) is 0.903. The van der Waals surface area contributed by atoms with Crippen LogP contribution < -0.4 is 0 Å². The first kappa shape index (κ1) is 24.8. The van der Waals surface area contributed by atoms with Gasteiger partial charge in [0, 0.05) is 23.3 Å². The van der Waals surface area contributed by atoms with Crippen LogP contribution in [0.2, 0.25) is 0 Å². The van der Waals surface area contributed by atoms with Gasteiger partial charge in [-0.15, -0.1) is 0 Å². The number of rotatable bonds is 2. The molecule has 0 aromatic carbocycles. The van der Waals surface area contributed by atoms with Gasteiger partial charge in [0.2, 0.25) is 0 Å². The molecule has 9 unspecified atom stereocenters. The summed E-state index contributed by atoms with van der Waals surface area (Å²) in [6, 6.07) is 0. The number of fused-ring (bicyclic) bond motifs is 7. The SMILES string of the molecule is COC1=CC(=O)C2C3(C)CCC4(C)C5CC(C)(C)CCC5(C)CCC4(C)C3CCC2(CO)C1C. The Morgan fingerprint density at radius 1 is 0.912 bits per heavy atom. The lowest BCUT2D eigenvalue weighted by atomic mass is 9.30. The maximum Gasteiger partial charge on any atom is 0.163 e. The Morgan fingerprint density at radius 2 is 1.53 bits per heavy atom. The van der Waals surface area contributed by atoms with Crippen LogP contribution in [0.15, 0.2) is 11.8 Å². The van der Waals surface area contributed by atoms with Gasteiger partial charge in [-0.2, -0.15) is 0 Å². The summed E-state index contributed by atoms with van der Waals surface area (Å²) in [5.74, 6) is 2.25. The van der Waals surface area contributed by atoms with Gasteiger partial charge in [-0.3, -0.25) is 4.79 Å². The zero-order valence-electron chi connectivity index (χ0n) is 23.2. The summed E-state index contributed by atoms with van der Waals surface area (Å²) in [5, 5.41) is 10.8. The number of ketones is 1. The third-order valence-corrected chi connectivity index (χ3v) is 13.5. The maximum absolute atomic E-state index is 13.8. The summed E-state index contributed by atoms with van der Waals surface area (Å²) in [6.07, 6.45) is 12.9. The highest BCUT2D eigenvalue weighted by atomic mass is 16.5. The highest BCUT2D eigenvalue weighted by Crippen LogP contribution is 2.78. The molecule has 0 heterocycles. The molecule has 5 rings (SSSR count). The summed E-state index contributed by atoms with van der Waals surface area (Å²) in [7, 11) is 1.67. The van der Waals surface area contributed by atoms with Gasteiger partial charge in [-0.05, 0) is 96.7 Å². The zero-order chi connectivity index (χ0) is 24.9. The van der Waals surface area contributed by atoms with E-state index in [0.29, 0.717) is 22.2 Å². The molecule has 0 aromatic rings. The van der Waals surface area contributed by atoms with E-state index >= 15 is 0 Å². The first-order chi connectivity index (χ1) is 15.7. The number of methoxy groups -OCH3 is 1. The van der Waals surface area contributed by atoms with Crippen LogP contribution in [-0.2, 0) is 9.53 Å². The topological polar surface area (TPSA) is 46.5 Å². The van der Waals surface area contributed by atoms with Crippen molar-refractivity contribution in [3.05, 3.63) is 11.8 Å². The van der Waals surface area contributed by atoms with Crippen LogP contribution in [0.3, 0.4) is 0 Å². The van der Waals surface area contributed by atoms with Crippen molar-refractivity contribution in [2.75, 3.05) is 13.7 Å². The van der Waals surface area contributed by atoms with Crippen molar-refractivity contribution in [1.82, 2.24) is 0 Å². The molecule has 0 spiro atoms. The molecule has 0 amide bonds. The second kappa shape index (κ2) is 7.36. The van der Waals surface area contributed by atoms with E-state index in [1.807, 2.05) is 0 Å². The number of aliphatic hydroxyl groups excluding tert-OH is 1. The molecule has 4 fully saturated rings. The van der Waals surface area contributed by atoms with Gasteiger partial charge in [-0.1, -0.05) is 48.5 Å². The van der Waals surface area contributed by atoms with E-state index in [-0.39, 0.29) is 40.5 Å². The zero-order valence-corrected chi connectivity index (χ0v) is 23.2. The van der Waals surface area contributed by atoms with Gasteiger partial charge in [0.25, 0.3) is 0 Å². The Balaban J connectivity index is 1.59. The van der Waals surface area contributed by atoms with E-state index in [4.69, 9.17) is 4.74 Å². The van der Waals surface area contributed by atoms with Crippen LogP contribution in [-0.4, -0.2) is 24.6 Å². The minimum absolute atomic E-state index is 0.0612. The van der Waals surface area contributed by atoms with E-state index < -0.39 is 0 Å². The van der Waals surface area contributed by atoms with Crippen molar-refractivity contribution in [2.45, 2.75) is 106 Å². The molecule has 0 saturated heterocycles.